The molecule has 0 unspecified atom stereocenters. The third-order valence-electron chi connectivity index (χ3n) is 5.00. The van der Waals surface area contributed by atoms with Gasteiger partial charge in [0.25, 0.3) is 5.91 Å². The highest BCUT2D eigenvalue weighted by Crippen LogP contribution is 2.30. The van der Waals surface area contributed by atoms with E-state index in [2.05, 4.69) is 10.4 Å². The first kappa shape index (κ1) is 18.0. The second-order valence-corrected chi connectivity index (χ2v) is 7.10. The van der Waals surface area contributed by atoms with Gasteiger partial charge in [0.15, 0.2) is 0 Å². The van der Waals surface area contributed by atoms with Crippen molar-refractivity contribution >= 4 is 23.2 Å². The average Bonchev–Trinajstić information content (AvgIpc) is 3.24. The number of anilines is 2. The molecule has 0 spiro atoms. The van der Waals surface area contributed by atoms with Crippen molar-refractivity contribution in [1.29, 1.82) is 0 Å². The van der Waals surface area contributed by atoms with Crippen molar-refractivity contribution in [3.63, 3.8) is 0 Å². The molecule has 142 valence electrons. The van der Waals surface area contributed by atoms with E-state index in [-0.39, 0.29) is 11.8 Å². The highest BCUT2D eigenvalue weighted by molar-refractivity contribution is 6.04. The summed E-state index contributed by atoms with van der Waals surface area (Å²) >= 11 is 0. The number of hydrogen-bond acceptors (Lipinski definition) is 3. The SMILES string of the molecule is CC(=O)N1CCc2cc(NC(=O)c3ccc(-n4nc(C)cc4C)cc3)ccc21. The minimum absolute atomic E-state index is 0.0400. The Morgan fingerprint density at radius 3 is 2.43 bits per heavy atom. The first-order valence-corrected chi connectivity index (χ1v) is 9.28. The number of nitrogens with one attached hydrogen (secondary N) is 1. The zero-order valence-corrected chi connectivity index (χ0v) is 16.2. The largest absolute Gasteiger partial charge is 0.322 e. The molecule has 6 nitrogen and oxygen atoms in total. The second kappa shape index (κ2) is 6.96. The maximum atomic E-state index is 12.6. The van der Waals surface area contributed by atoms with Crippen LogP contribution in [0.5, 0.6) is 0 Å². The number of benzene rings is 2. The lowest BCUT2D eigenvalue weighted by Crippen LogP contribution is -2.25. The summed E-state index contributed by atoms with van der Waals surface area (Å²) in [7, 11) is 0. The van der Waals surface area contributed by atoms with Crippen LogP contribution in [0.4, 0.5) is 11.4 Å². The maximum Gasteiger partial charge on any atom is 0.255 e. The van der Waals surface area contributed by atoms with E-state index in [0.29, 0.717) is 12.1 Å². The fourth-order valence-corrected chi connectivity index (χ4v) is 3.65. The lowest BCUT2D eigenvalue weighted by Gasteiger charge is -2.15. The number of rotatable bonds is 3. The van der Waals surface area contributed by atoms with E-state index in [9.17, 15) is 9.59 Å². The molecular formula is C22H22N4O2. The lowest BCUT2D eigenvalue weighted by atomic mass is 10.1. The van der Waals surface area contributed by atoms with Gasteiger partial charge in [0.05, 0.1) is 11.4 Å². The first-order valence-electron chi connectivity index (χ1n) is 9.28. The number of hydrogen-bond donors (Lipinski definition) is 1. The molecule has 0 fully saturated rings. The molecule has 2 amide bonds. The highest BCUT2D eigenvalue weighted by Gasteiger charge is 2.22. The van der Waals surface area contributed by atoms with Gasteiger partial charge in [-0.2, -0.15) is 5.10 Å². The summed E-state index contributed by atoms with van der Waals surface area (Å²) in [5, 5.41) is 7.40. The summed E-state index contributed by atoms with van der Waals surface area (Å²) in [4.78, 5) is 26.0. The quantitative estimate of drug-likeness (QED) is 0.761. The molecule has 0 saturated heterocycles. The predicted octanol–water partition coefficient (Wildman–Crippen LogP) is 3.65. The van der Waals surface area contributed by atoms with Gasteiger partial charge in [-0.3, -0.25) is 9.59 Å². The van der Waals surface area contributed by atoms with E-state index < -0.39 is 0 Å². The zero-order valence-electron chi connectivity index (χ0n) is 16.2. The Bertz CT molecular complexity index is 1070. The van der Waals surface area contributed by atoms with Gasteiger partial charge < -0.3 is 10.2 Å². The van der Waals surface area contributed by atoms with Crippen molar-refractivity contribution in [3.8, 4) is 5.69 Å². The van der Waals surface area contributed by atoms with E-state index in [1.54, 1.807) is 24.0 Å². The van der Waals surface area contributed by atoms with Crippen LogP contribution in [0.3, 0.4) is 0 Å². The van der Waals surface area contributed by atoms with Crippen LogP contribution >= 0.6 is 0 Å². The molecule has 6 heteroatoms. The van der Waals surface area contributed by atoms with Crippen LogP contribution in [0, 0.1) is 13.8 Å². The number of nitrogens with zero attached hydrogens (tertiary/aromatic N) is 3. The third-order valence-corrected chi connectivity index (χ3v) is 5.00. The fraction of sp³-hybridized carbons (Fsp3) is 0.227. The number of fused-ring (bicyclic) bond motifs is 1. The van der Waals surface area contributed by atoms with Gasteiger partial charge in [0, 0.05) is 36.1 Å². The Balaban J connectivity index is 1.50. The van der Waals surface area contributed by atoms with Crippen molar-refractivity contribution in [1.82, 2.24) is 9.78 Å². The molecule has 1 aromatic heterocycles. The van der Waals surface area contributed by atoms with Crippen molar-refractivity contribution < 1.29 is 9.59 Å². The lowest BCUT2D eigenvalue weighted by molar-refractivity contribution is -0.116. The number of aromatic nitrogens is 2. The number of carbonyl (C=O) groups excluding carboxylic acids is 2. The fourth-order valence-electron chi connectivity index (χ4n) is 3.65. The molecule has 28 heavy (non-hydrogen) atoms. The summed E-state index contributed by atoms with van der Waals surface area (Å²) in [6.07, 6.45) is 0.802. The predicted molar refractivity (Wildman–Crippen MR) is 109 cm³/mol. The summed E-state index contributed by atoms with van der Waals surface area (Å²) in [5.74, 6) is -0.125. The van der Waals surface area contributed by atoms with Gasteiger partial charge in [-0.15, -0.1) is 0 Å². The van der Waals surface area contributed by atoms with E-state index in [1.165, 1.54) is 0 Å². The molecule has 1 N–H and O–H groups in total. The average molecular weight is 374 g/mol. The Morgan fingerprint density at radius 2 is 1.79 bits per heavy atom. The molecule has 2 aromatic carbocycles. The van der Waals surface area contributed by atoms with Gasteiger partial charge in [0.2, 0.25) is 5.91 Å². The number of aryl methyl sites for hydroxylation is 2. The van der Waals surface area contributed by atoms with Crippen molar-refractivity contribution in [2.24, 2.45) is 0 Å². The monoisotopic (exact) mass is 374 g/mol. The Labute approximate surface area is 163 Å². The van der Waals surface area contributed by atoms with Crippen LogP contribution in [-0.2, 0) is 11.2 Å². The first-order chi connectivity index (χ1) is 13.4. The summed E-state index contributed by atoms with van der Waals surface area (Å²) < 4.78 is 1.86. The van der Waals surface area contributed by atoms with Gasteiger partial charge >= 0.3 is 0 Å². The smallest absolute Gasteiger partial charge is 0.255 e. The normalized spacial score (nSPS) is 12.8. The van der Waals surface area contributed by atoms with Gasteiger partial charge in [-0.25, -0.2) is 4.68 Å². The van der Waals surface area contributed by atoms with E-state index >= 15 is 0 Å². The minimum atomic E-state index is -0.165. The highest BCUT2D eigenvalue weighted by atomic mass is 16.2. The van der Waals surface area contributed by atoms with Gasteiger partial charge in [0.1, 0.15) is 0 Å². The standard InChI is InChI=1S/C22H22N4O2/c1-14-12-15(2)26(24-14)20-7-4-17(5-8-20)22(28)23-19-6-9-21-18(13-19)10-11-25(21)16(3)27/h4-9,12-13H,10-11H2,1-3H3,(H,23,28). The van der Waals surface area contributed by atoms with Gasteiger partial charge in [-0.1, -0.05) is 0 Å². The van der Waals surface area contributed by atoms with Crippen molar-refractivity contribution in [2.75, 3.05) is 16.8 Å². The molecule has 1 aliphatic heterocycles. The Morgan fingerprint density at radius 1 is 1.04 bits per heavy atom. The van der Waals surface area contributed by atoms with E-state index in [0.717, 1.165) is 40.4 Å². The second-order valence-electron chi connectivity index (χ2n) is 7.10. The maximum absolute atomic E-state index is 12.6. The summed E-state index contributed by atoms with van der Waals surface area (Å²) in [6.45, 7) is 6.22. The molecule has 0 bridgehead atoms. The zero-order chi connectivity index (χ0) is 19.8. The van der Waals surface area contributed by atoms with Crippen molar-refractivity contribution in [3.05, 3.63) is 71.0 Å². The van der Waals surface area contributed by atoms with Crippen molar-refractivity contribution in [2.45, 2.75) is 27.2 Å². The van der Waals surface area contributed by atoms with Crippen LogP contribution in [-0.4, -0.2) is 28.1 Å². The Kier molecular flexibility index (Phi) is 4.47. The van der Waals surface area contributed by atoms with Crippen LogP contribution in [0.25, 0.3) is 5.69 Å². The Hall–Kier alpha value is -3.41. The minimum Gasteiger partial charge on any atom is -0.322 e. The molecule has 0 radical (unpaired) electrons. The van der Waals surface area contributed by atoms with Crippen LogP contribution in [0.2, 0.25) is 0 Å². The van der Waals surface area contributed by atoms with Gasteiger partial charge in [-0.05, 0) is 74.4 Å². The van der Waals surface area contributed by atoms with E-state index in [4.69, 9.17) is 0 Å². The molecule has 0 aliphatic carbocycles. The summed E-state index contributed by atoms with van der Waals surface area (Å²) in [6, 6.07) is 15.1. The van der Waals surface area contributed by atoms with E-state index in [1.807, 2.05) is 54.9 Å². The molecule has 1 aliphatic rings. The molecule has 3 aromatic rings. The summed E-state index contributed by atoms with van der Waals surface area (Å²) in [5.41, 5.74) is 6.25. The third kappa shape index (κ3) is 3.29. The molecule has 0 atom stereocenters. The molecular weight excluding hydrogens is 352 g/mol. The number of amides is 2. The van der Waals surface area contributed by atoms with Crippen LogP contribution in [0.15, 0.2) is 48.5 Å². The molecule has 0 saturated carbocycles. The van der Waals surface area contributed by atoms with Crippen LogP contribution in [0.1, 0.15) is 34.2 Å². The van der Waals surface area contributed by atoms with Crippen LogP contribution < -0.4 is 10.2 Å². The molecule has 4 rings (SSSR count). The molecule has 2 heterocycles. The topological polar surface area (TPSA) is 67.2 Å². The number of carbonyl (C=O) groups is 2.